The first-order valence-corrected chi connectivity index (χ1v) is 16.0. The summed E-state index contributed by atoms with van der Waals surface area (Å²) in [4.78, 5) is 0. The minimum absolute atomic E-state index is 0.0889. The molecule has 8 unspecified atom stereocenters. The van der Waals surface area contributed by atoms with Crippen molar-refractivity contribution in [2.24, 2.45) is 34.4 Å². The largest absolute Gasteiger partial charge is 0.394 e. The van der Waals surface area contributed by atoms with Gasteiger partial charge in [-0.25, -0.2) is 0 Å². The Morgan fingerprint density at radius 1 is 0.574 bits per heavy atom. The van der Waals surface area contributed by atoms with Crippen molar-refractivity contribution < 1.29 is 81.7 Å². The van der Waals surface area contributed by atoms with Crippen LogP contribution in [0.3, 0.4) is 0 Å². The monoisotopic (exact) mass is 712 g/mol. The van der Waals surface area contributed by atoms with Gasteiger partial charge in [0.1, 0.15) is 67.1 Å². The molecule has 1 saturated carbocycles. The molecule has 23 nitrogen and oxygen atoms in total. The molecule has 47 heavy (non-hydrogen) atoms. The molecule has 24 heteroatoms. The van der Waals surface area contributed by atoms with E-state index < -0.39 is 133 Å². The van der Waals surface area contributed by atoms with Crippen molar-refractivity contribution >= 4 is 10.4 Å². The second-order valence-electron chi connectivity index (χ2n) is 11.7. The van der Waals surface area contributed by atoms with Gasteiger partial charge in [-0.1, -0.05) is 0 Å². The molecule has 4 aliphatic rings. The Labute approximate surface area is 269 Å². The van der Waals surface area contributed by atoms with Crippen LogP contribution in [0.5, 0.6) is 0 Å². The van der Waals surface area contributed by atoms with Crippen LogP contribution in [0.2, 0.25) is 0 Å². The van der Waals surface area contributed by atoms with Crippen LogP contribution in [0, 0.1) is 0 Å². The number of aliphatic hydroxyl groups excluding tert-OH is 7. The molecule has 19 atom stereocenters. The highest BCUT2D eigenvalue weighted by Crippen LogP contribution is 2.34. The third-order valence-corrected chi connectivity index (χ3v) is 8.37. The Morgan fingerprint density at radius 2 is 0.979 bits per heavy atom. The average molecular weight is 713 g/mol. The van der Waals surface area contributed by atoms with Crippen LogP contribution >= 0.6 is 0 Å². The summed E-state index contributed by atoms with van der Waals surface area (Å²) in [6.07, 6.45) is -19.8. The first-order valence-electron chi connectivity index (χ1n) is 14.6. The number of aliphatic hydroxyl groups is 7. The summed E-state index contributed by atoms with van der Waals surface area (Å²) < 4.78 is 66.2. The maximum atomic E-state index is 11.1. The molecule has 0 radical (unpaired) electrons. The number of ether oxygens (including phenoxy) is 6. The highest BCUT2D eigenvalue weighted by Gasteiger charge is 2.54. The van der Waals surface area contributed by atoms with Gasteiger partial charge in [0.25, 0.3) is 0 Å². The standard InChI is InChI=1S/C23H46N6O13.H2O4S/c24-2-7-13(32)15(34)10(28)21(37-7)40-18-6(27)1-5(26)12(31)20(18)42-23-17(36)19(9(4-30)39-23)41-22-11(29)16(35)14(33)8(3-25)38-22;1-5(2,3)4/h5-23,30-36H,1-4,24-29H2;(H2,1,2,3,4)/t5?,6?,7?,8-,9?,10+,11+,12-,13+,14+,15?,16?,17+,18+,19+,20?,21+,22+,23?;/m0./s1. The lowest BCUT2D eigenvalue weighted by Crippen LogP contribution is -2.68. The quantitative estimate of drug-likeness (QED) is 0.0986. The van der Waals surface area contributed by atoms with Crippen molar-refractivity contribution in [1.29, 1.82) is 0 Å². The molecule has 3 saturated heterocycles. The van der Waals surface area contributed by atoms with Gasteiger partial charge in [-0.05, 0) is 6.42 Å². The molecule has 0 bridgehead atoms. The van der Waals surface area contributed by atoms with Gasteiger partial charge >= 0.3 is 10.4 Å². The van der Waals surface area contributed by atoms with E-state index in [2.05, 4.69) is 0 Å². The van der Waals surface area contributed by atoms with E-state index >= 15 is 0 Å². The maximum Gasteiger partial charge on any atom is 0.394 e. The molecule has 278 valence electrons. The van der Waals surface area contributed by atoms with Crippen molar-refractivity contribution in [3.05, 3.63) is 0 Å². The zero-order chi connectivity index (χ0) is 35.5. The van der Waals surface area contributed by atoms with E-state index in [1.54, 1.807) is 0 Å². The molecule has 1 aliphatic carbocycles. The first-order chi connectivity index (χ1) is 21.8. The highest BCUT2D eigenvalue weighted by molar-refractivity contribution is 7.79. The summed E-state index contributed by atoms with van der Waals surface area (Å²) in [7, 11) is -4.67. The molecule has 21 N–H and O–H groups in total. The van der Waals surface area contributed by atoms with Crippen molar-refractivity contribution in [2.45, 2.75) is 123 Å². The fourth-order valence-electron chi connectivity index (χ4n) is 5.74. The predicted molar refractivity (Wildman–Crippen MR) is 153 cm³/mol. The average Bonchev–Trinajstić information content (AvgIpc) is 3.30. The van der Waals surface area contributed by atoms with Gasteiger partial charge in [-0.2, -0.15) is 8.42 Å². The lowest BCUT2D eigenvalue weighted by Gasteiger charge is -2.47. The van der Waals surface area contributed by atoms with E-state index in [9.17, 15) is 35.7 Å². The molecule has 0 aromatic carbocycles. The van der Waals surface area contributed by atoms with Crippen LogP contribution in [0.4, 0.5) is 0 Å². The van der Waals surface area contributed by atoms with Crippen LogP contribution in [-0.4, -0.2) is 189 Å². The third kappa shape index (κ3) is 9.67. The van der Waals surface area contributed by atoms with E-state index in [0.29, 0.717) is 0 Å². The SMILES string of the molecule is NCC1O[C@H](O[C@@H]2C(N)CC(N)[C@H](O)C2OC2OC(CO)[C@@H](O[C@H]3O[C@@H](CN)[C@@H](O)C(O)[C@H]3N)[C@H]2O)[C@H](N)C(O)[C@@H]1O.O=S(=O)(O)O. The van der Waals surface area contributed by atoms with E-state index in [1.165, 1.54) is 0 Å². The molecular formula is C23H48N6O17S. The predicted octanol–water partition coefficient (Wildman–Crippen LogP) is -9.55. The van der Waals surface area contributed by atoms with E-state index in [0.717, 1.165) is 0 Å². The summed E-state index contributed by atoms with van der Waals surface area (Å²) in [5.74, 6) is 0. The van der Waals surface area contributed by atoms with Crippen molar-refractivity contribution in [2.75, 3.05) is 19.7 Å². The van der Waals surface area contributed by atoms with Gasteiger partial charge in [0, 0.05) is 25.2 Å². The first kappa shape index (κ1) is 40.5. The fourth-order valence-corrected chi connectivity index (χ4v) is 5.74. The minimum Gasteiger partial charge on any atom is -0.394 e. The molecule has 0 aromatic heterocycles. The zero-order valence-corrected chi connectivity index (χ0v) is 25.8. The summed E-state index contributed by atoms with van der Waals surface area (Å²) in [6, 6.07) is -4.18. The van der Waals surface area contributed by atoms with Crippen molar-refractivity contribution in [3.8, 4) is 0 Å². The molecular weight excluding hydrogens is 664 g/mol. The number of rotatable bonds is 9. The summed E-state index contributed by atoms with van der Waals surface area (Å²) in [5.41, 5.74) is 35.6. The Morgan fingerprint density at radius 3 is 1.40 bits per heavy atom. The van der Waals surface area contributed by atoms with E-state index in [1.807, 2.05) is 0 Å². The van der Waals surface area contributed by atoms with Gasteiger partial charge in [0.15, 0.2) is 18.9 Å². The lowest BCUT2D eigenvalue weighted by atomic mass is 9.84. The molecule has 4 fully saturated rings. The smallest absolute Gasteiger partial charge is 0.394 e. The molecule has 3 heterocycles. The number of hydrogen-bond acceptors (Lipinski definition) is 21. The van der Waals surface area contributed by atoms with Crippen LogP contribution in [0.25, 0.3) is 0 Å². The summed E-state index contributed by atoms with van der Waals surface area (Å²) in [6.45, 7) is -0.967. The fraction of sp³-hybridized carbons (Fsp3) is 1.00. The molecule has 4 rings (SSSR count). The van der Waals surface area contributed by atoms with Crippen LogP contribution in [0.1, 0.15) is 6.42 Å². The Kier molecular flexibility index (Phi) is 14.6. The van der Waals surface area contributed by atoms with Crippen molar-refractivity contribution in [3.63, 3.8) is 0 Å². The Bertz CT molecular complexity index is 1080. The van der Waals surface area contributed by atoms with Gasteiger partial charge in [-0.15, -0.1) is 0 Å². The molecule has 3 aliphatic heterocycles. The van der Waals surface area contributed by atoms with Crippen LogP contribution < -0.4 is 34.4 Å². The second-order valence-corrected chi connectivity index (χ2v) is 12.6. The van der Waals surface area contributed by atoms with Gasteiger partial charge in [0.2, 0.25) is 0 Å². The third-order valence-electron chi connectivity index (χ3n) is 8.37. The van der Waals surface area contributed by atoms with E-state index in [4.69, 9.17) is 80.3 Å². The number of hydrogen-bond donors (Lipinski definition) is 15. The molecule has 0 amide bonds. The topological polar surface area (TPSA) is 428 Å². The van der Waals surface area contributed by atoms with Gasteiger partial charge in [0.05, 0.1) is 24.8 Å². The lowest BCUT2D eigenvalue weighted by molar-refractivity contribution is -0.306. The van der Waals surface area contributed by atoms with Gasteiger partial charge < -0.3 is 98.6 Å². The Hall–Kier alpha value is -0.890. The summed E-state index contributed by atoms with van der Waals surface area (Å²) in [5, 5.41) is 73.0. The zero-order valence-electron chi connectivity index (χ0n) is 25.0. The van der Waals surface area contributed by atoms with Gasteiger partial charge in [-0.3, -0.25) is 9.11 Å². The van der Waals surface area contributed by atoms with Crippen LogP contribution in [-0.2, 0) is 38.8 Å². The Balaban J connectivity index is 0.00000111. The minimum atomic E-state index is -4.67. The highest BCUT2D eigenvalue weighted by atomic mass is 32.3. The van der Waals surface area contributed by atoms with Crippen molar-refractivity contribution in [1.82, 2.24) is 0 Å². The normalized spacial score (nSPS) is 49.3. The number of nitrogens with two attached hydrogens (primary N) is 6. The van der Waals surface area contributed by atoms with Crippen LogP contribution in [0.15, 0.2) is 0 Å². The molecule has 0 spiro atoms. The van der Waals surface area contributed by atoms with E-state index in [-0.39, 0.29) is 19.5 Å². The maximum absolute atomic E-state index is 11.1. The summed E-state index contributed by atoms with van der Waals surface area (Å²) >= 11 is 0. The molecule has 0 aromatic rings. The second kappa shape index (κ2) is 16.9.